The molecular weight excluding hydrogens is 478 g/mol. The highest BCUT2D eigenvalue weighted by molar-refractivity contribution is 5.93. The summed E-state index contributed by atoms with van der Waals surface area (Å²) >= 11 is 0. The van der Waals surface area contributed by atoms with Gasteiger partial charge in [-0.1, -0.05) is 12.1 Å². The van der Waals surface area contributed by atoms with Gasteiger partial charge in [0.05, 0.1) is 6.07 Å². The molecule has 186 valence electrons. The van der Waals surface area contributed by atoms with Crippen molar-refractivity contribution >= 4 is 23.5 Å². The predicted molar refractivity (Wildman–Crippen MR) is 126 cm³/mol. The summed E-state index contributed by atoms with van der Waals surface area (Å²) in [5, 5.41) is 32.6. The molecule has 1 atom stereocenters. The van der Waals surface area contributed by atoms with Crippen LogP contribution in [0.3, 0.4) is 0 Å². The number of amides is 1. The van der Waals surface area contributed by atoms with Crippen molar-refractivity contribution in [3.05, 3.63) is 95.6 Å². The Kier molecular flexibility index (Phi) is 7.60. The highest BCUT2D eigenvalue weighted by Crippen LogP contribution is 2.45. The molecule has 0 aliphatic rings. The molecule has 1 amide bonds. The van der Waals surface area contributed by atoms with Crippen LogP contribution in [0.5, 0.6) is 0 Å². The molecule has 36 heavy (non-hydrogen) atoms. The standard InChI is InChI=1S/C25H21F4N5O2/c1-2-11-34-15-18(13-22(34)23(35)32-10-9-30)24(36,25(27,28)29)17-3-8-21(16(12-17)14-31)33-20-6-4-19(26)5-7-20/h2-8,12-15,31,33,36H,1,10-11H2,(H,32,35). The van der Waals surface area contributed by atoms with Gasteiger partial charge in [-0.25, -0.2) is 4.39 Å². The Hall–Kier alpha value is -4.43. The lowest BCUT2D eigenvalue weighted by Gasteiger charge is -2.31. The number of allylic oxidation sites excluding steroid dienone is 1. The number of hydrogen-bond donors (Lipinski definition) is 4. The predicted octanol–water partition coefficient (Wildman–Crippen LogP) is 4.61. The van der Waals surface area contributed by atoms with E-state index >= 15 is 0 Å². The maximum atomic E-state index is 14.4. The number of carbonyl (C=O) groups excluding carboxylic acids is 1. The Morgan fingerprint density at radius 3 is 2.44 bits per heavy atom. The first-order chi connectivity index (χ1) is 17.0. The van der Waals surface area contributed by atoms with E-state index in [0.717, 1.165) is 30.6 Å². The number of nitriles is 1. The van der Waals surface area contributed by atoms with Crippen LogP contribution >= 0.6 is 0 Å². The lowest BCUT2D eigenvalue weighted by Crippen LogP contribution is -2.43. The number of benzene rings is 2. The summed E-state index contributed by atoms with van der Waals surface area (Å²) in [4.78, 5) is 12.4. The minimum absolute atomic E-state index is 0.0250. The van der Waals surface area contributed by atoms with Crippen LogP contribution in [0.25, 0.3) is 0 Å². The highest BCUT2D eigenvalue weighted by atomic mass is 19.4. The SMILES string of the molecule is C=CCn1cc(C(O)(c2ccc(Nc3ccc(F)cc3)c(C=N)c2)C(F)(F)F)cc1C(=O)NCC#N. The molecule has 0 saturated heterocycles. The number of aromatic nitrogens is 1. The zero-order chi connectivity index (χ0) is 26.5. The molecule has 1 unspecified atom stereocenters. The maximum Gasteiger partial charge on any atom is 0.425 e. The topological polar surface area (TPSA) is 114 Å². The Bertz CT molecular complexity index is 1330. The number of nitrogens with zero attached hydrogens (tertiary/aromatic N) is 2. The van der Waals surface area contributed by atoms with Gasteiger partial charge in [0.15, 0.2) is 0 Å². The average Bonchev–Trinajstić information content (AvgIpc) is 3.27. The zero-order valence-corrected chi connectivity index (χ0v) is 18.7. The van der Waals surface area contributed by atoms with E-state index in [0.29, 0.717) is 5.69 Å². The van der Waals surface area contributed by atoms with Crippen LogP contribution in [0.4, 0.5) is 28.9 Å². The van der Waals surface area contributed by atoms with Gasteiger partial charge in [0.1, 0.15) is 18.1 Å². The number of rotatable bonds is 9. The maximum absolute atomic E-state index is 14.4. The average molecular weight is 499 g/mol. The third kappa shape index (κ3) is 5.13. The van der Waals surface area contributed by atoms with Crippen LogP contribution in [0.15, 0.2) is 67.4 Å². The van der Waals surface area contributed by atoms with Gasteiger partial charge in [-0.2, -0.15) is 18.4 Å². The number of halogens is 4. The molecule has 0 bridgehead atoms. The van der Waals surface area contributed by atoms with Gasteiger partial charge in [-0.05, 0) is 48.0 Å². The second kappa shape index (κ2) is 10.5. The second-order valence-corrected chi connectivity index (χ2v) is 7.68. The first-order valence-electron chi connectivity index (χ1n) is 10.5. The fourth-order valence-electron chi connectivity index (χ4n) is 3.60. The Labute approximate surface area is 203 Å². The summed E-state index contributed by atoms with van der Waals surface area (Å²) in [7, 11) is 0. The van der Waals surface area contributed by atoms with Crippen LogP contribution < -0.4 is 10.6 Å². The molecule has 1 heterocycles. The van der Waals surface area contributed by atoms with Crippen molar-refractivity contribution in [3.63, 3.8) is 0 Å². The number of alkyl halides is 3. The fraction of sp³-hybridized carbons (Fsp3) is 0.160. The highest BCUT2D eigenvalue weighted by Gasteiger charge is 2.57. The molecule has 0 radical (unpaired) electrons. The molecule has 4 N–H and O–H groups in total. The summed E-state index contributed by atoms with van der Waals surface area (Å²) < 4.78 is 57.5. The number of nitrogens with one attached hydrogen (secondary N) is 3. The minimum Gasteiger partial charge on any atom is -0.372 e. The molecule has 3 aromatic rings. The molecule has 7 nitrogen and oxygen atoms in total. The first-order valence-corrected chi connectivity index (χ1v) is 10.5. The van der Waals surface area contributed by atoms with Crippen molar-refractivity contribution in [2.45, 2.75) is 18.3 Å². The van der Waals surface area contributed by atoms with E-state index in [1.165, 1.54) is 41.0 Å². The summed E-state index contributed by atoms with van der Waals surface area (Å²) in [6, 6.07) is 11.2. The second-order valence-electron chi connectivity index (χ2n) is 7.68. The van der Waals surface area contributed by atoms with Crippen molar-refractivity contribution in [2.24, 2.45) is 0 Å². The molecule has 2 aromatic carbocycles. The van der Waals surface area contributed by atoms with Crippen molar-refractivity contribution < 1.29 is 27.5 Å². The summed E-state index contributed by atoms with van der Waals surface area (Å²) in [5.74, 6) is -1.27. The molecule has 11 heteroatoms. The van der Waals surface area contributed by atoms with E-state index in [-0.39, 0.29) is 30.0 Å². The number of hydrogen-bond acceptors (Lipinski definition) is 5. The third-order valence-corrected chi connectivity index (χ3v) is 5.36. The molecule has 1 aromatic heterocycles. The molecular formula is C25H21F4N5O2. The lowest BCUT2D eigenvalue weighted by molar-refractivity contribution is -0.248. The van der Waals surface area contributed by atoms with Crippen molar-refractivity contribution in [1.29, 1.82) is 10.7 Å². The molecule has 0 saturated carbocycles. The lowest BCUT2D eigenvalue weighted by atomic mass is 9.86. The smallest absolute Gasteiger partial charge is 0.372 e. The van der Waals surface area contributed by atoms with Gasteiger partial charge in [-0.15, -0.1) is 6.58 Å². The Balaban J connectivity index is 2.11. The monoisotopic (exact) mass is 499 g/mol. The van der Waals surface area contributed by atoms with E-state index in [4.69, 9.17) is 10.7 Å². The molecule has 0 fully saturated rings. The van der Waals surface area contributed by atoms with Gasteiger partial charge < -0.3 is 25.7 Å². The molecule has 0 aliphatic carbocycles. The van der Waals surface area contributed by atoms with E-state index in [1.807, 2.05) is 0 Å². The summed E-state index contributed by atoms with van der Waals surface area (Å²) in [6.07, 6.45) is -2.04. The van der Waals surface area contributed by atoms with E-state index in [1.54, 1.807) is 6.07 Å². The third-order valence-electron chi connectivity index (χ3n) is 5.36. The Morgan fingerprint density at radius 2 is 1.86 bits per heavy atom. The minimum atomic E-state index is -5.21. The van der Waals surface area contributed by atoms with Crippen molar-refractivity contribution in [3.8, 4) is 6.07 Å². The zero-order valence-electron chi connectivity index (χ0n) is 18.7. The number of aliphatic hydroxyl groups is 1. The van der Waals surface area contributed by atoms with Gasteiger partial charge >= 0.3 is 6.18 Å². The van der Waals surface area contributed by atoms with Gasteiger partial charge in [0, 0.05) is 41.5 Å². The van der Waals surface area contributed by atoms with Gasteiger partial charge in [-0.3, -0.25) is 4.79 Å². The molecule has 0 spiro atoms. The quantitative estimate of drug-likeness (QED) is 0.149. The van der Waals surface area contributed by atoms with Gasteiger partial charge in [0.25, 0.3) is 5.91 Å². The first kappa shape index (κ1) is 26.2. The number of carbonyl (C=O) groups is 1. The van der Waals surface area contributed by atoms with Gasteiger partial charge in [0.2, 0.25) is 5.60 Å². The van der Waals surface area contributed by atoms with E-state index < -0.39 is 34.6 Å². The Morgan fingerprint density at radius 1 is 1.17 bits per heavy atom. The van der Waals surface area contributed by atoms with Crippen molar-refractivity contribution in [2.75, 3.05) is 11.9 Å². The van der Waals surface area contributed by atoms with Crippen LogP contribution in [-0.4, -0.2) is 34.5 Å². The van der Waals surface area contributed by atoms with Crippen molar-refractivity contribution in [1.82, 2.24) is 9.88 Å². The summed E-state index contributed by atoms with van der Waals surface area (Å²) in [5.41, 5.74) is -4.23. The van der Waals surface area contributed by atoms with Crippen LogP contribution in [0, 0.1) is 22.6 Å². The van der Waals surface area contributed by atoms with E-state index in [9.17, 15) is 27.5 Å². The molecule has 0 aliphatic heterocycles. The van der Waals surface area contributed by atoms with E-state index in [2.05, 4.69) is 17.2 Å². The normalized spacial score (nSPS) is 12.8. The van der Waals surface area contributed by atoms with Crippen LogP contribution in [0.1, 0.15) is 27.2 Å². The van der Waals surface area contributed by atoms with Crippen LogP contribution in [0.2, 0.25) is 0 Å². The largest absolute Gasteiger partial charge is 0.425 e. The number of anilines is 2. The molecule has 3 rings (SSSR count). The fourth-order valence-corrected chi connectivity index (χ4v) is 3.60. The summed E-state index contributed by atoms with van der Waals surface area (Å²) in [6.45, 7) is 3.13. The van der Waals surface area contributed by atoms with Crippen LogP contribution in [-0.2, 0) is 12.1 Å².